The fourth-order valence-corrected chi connectivity index (χ4v) is 4.86. The van der Waals surface area contributed by atoms with Crippen molar-refractivity contribution < 1.29 is 17.4 Å². The molecule has 2 aromatic carbocycles. The number of aromatic nitrogens is 3. The van der Waals surface area contributed by atoms with Gasteiger partial charge >= 0.3 is 6.18 Å². The third-order valence-electron chi connectivity index (χ3n) is 4.81. The second-order valence-electron chi connectivity index (χ2n) is 7.00. The first-order valence-electron chi connectivity index (χ1n) is 9.56. The van der Waals surface area contributed by atoms with E-state index in [0.717, 1.165) is 19.2 Å². The number of rotatable bonds is 5. The van der Waals surface area contributed by atoms with Gasteiger partial charge in [-0.3, -0.25) is 0 Å². The Kier molecular flexibility index (Phi) is 6.38. The van der Waals surface area contributed by atoms with E-state index in [1.54, 1.807) is 12.1 Å². The number of hydrogen-bond acceptors (Lipinski definition) is 6. The zero-order valence-electron chi connectivity index (χ0n) is 16.5. The number of aromatic amines is 1. The maximum absolute atomic E-state index is 13.9. The molecule has 0 aliphatic carbocycles. The highest BCUT2D eigenvalue weighted by atomic mass is 35.5. The first kappa shape index (κ1) is 22.5. The fraction of sp³-hybridized carbons (Fsp3) is 0.263. The Labute approximate surface area is 188 Å². The molecule has 4 rings (SSSR count). The molecular formula is C19H19ClF3N7OS. The molecule has 0 bridgehead atoms. The highest BCUT2D eigenvalue weighted by Crippen LogP contribution is 2.43. The van der Waals surface area contributed by atoms with Crippen molar-refractivity contribution in [3.05, 3.63) is 47.0 Å². The molecule has 3 aromatic rings. The van der Waals surface area contributed by atoms with Crippen LogP contribution in [0.5, 0.6) is 0 Å². The third-order valence-corrected chi connectivity index (χ3v) is 6.62. The summed E-state index contributed by atoms with van der Waals surface area (Å²) in [7, 11) is -1.39. The lowest BCUT2D eigenvalue weighted by Gasteiger charge is -2.25. The predicted octanol–water partition coefficient (Wildman–Crippen LogP) is 3.40. The number of nitrogens with two attached hydrogens (primary N) is 1. The van der Waals surface area contributed by atoms with E-state index in [-0.39, 0.29) is 33.7 Å². The summed E-state index contributed by atoms with van der Waals surface area (Å²) < 4.78 is 56.2. The Bertz CT molecular complexity index is 1130. The lowest BCUT2D eigenvalue weighted by molar-refractivity contribution is -0.137. The standard InChI is InChI=1S/C19H19ClF3N7OS/c20-15-10-12(26-18-27-17(24)28-29-18)9-14(19(21,22)23)16(15)11-1-3-13(4-2-11)32(31)30-7-5-25-6-8-30/h1-4,9-10,25H,5-8H2,(H4,24,26,27,28,29). The maximum Gasteiger partial charge on any atom is 0.417 e. The van der Waals surface area contributed by atoms with Crippen LogP contribution in [-0.4, -0.2) is 49.9 Å². The van der Waals surface area contributed by atoms with Crippen LogP contribution in [0.25, 0.3) is 11.1 Å². The Morgan fingerprint density at radius 3 is 2.44 bits per heavy atom. The summed E-state index contributed by atoms with van der Waals surface area (Å²) in [6.07, 6.45) is -4.67. The highest BCUT2D eigenvalue weighted by molar-refractivity contribution is 7.82. The van der Waals surface area contributed by atoms with E-state index in [1.165, 1.54) is 18.2 Å². The number of anilines is 3. The molecule has 0 radical (unpaired) electrons. The van der Waals surface area contributed by atoms with Gasteiger partial charge in [0.25, 0.3) is 0 Å². The number of benzene rings is 2. The predicted molar refractivity (Wildman–Crippen MR) is 117 cm³/mol. The van der Waals surface area contributed by atoms with Crippen LogP contribution in [-0.2, 0) is 17.2 Å². The Balaban J connectivity index is 1.66. The minimum Gasteiger partial charge on any atom is -0.368 e. The van der Waals surface area contributed by atoms with E-state index in [4.69, 9.17) is 17.3 Å². The van der Waals surface area contributed by atoms with Crippen LogP contribution in [0, 0.1) is 0 Å². The van der Waals surface area contributed by atoms with Crippen molar-refractivity contribution in [3.8, 4) is 11.1 Å². The Morgan fingerprint density at radius 1 is 1.16 bits per heavy atom. The average Bonchev–Trinajstić information content (AvgIpc) is 3.17. The van der Waals surface area contributed by atoms with Crippen molar-refractivity contribution in [1.29, 1.82) is 0 Å². The number of nitrogens with one attached hydrogen (secondary N) is 3. The van der Waals surface area contributed by atoms with E-state index in [1.807, 2.05) is 4.31 Å². The first-order chi connectivity index (χ1) is 15.2. The Morgan fingerprint density at radius 2 is 1.84 bits per heavy atom. The summed E-state index contributed by atoms with van der Waals surface area (Å²) in [5.41, 5.74) is 4.67. The molecule has 1 atom stereocenters. The van der Waals surface area contributed by atoms with Crippen molar-refractivity contribution >= 4 is 40.2 Å². The third kappa shape index (κ3) is 4.88. The van der Waals surface area contributed by atoms with Gasteiger partial charge in [0.1, 0.15) is 11.0 Å². The molecule has 8 nitrogen and oxygen atoms in total. The molecule has 5 N–H and O–H groups in total. The monoisotopic (exact) mass is 485 g/mol. The molecular weight excluding hydrogens is 467 g/mol. The van der Waals surface area contributed by atoms with Gasteiger partial charge in [-0.25, -0.2) is 13.6 Å². The van der Waals surface area contributed by atoms with Gasteiger partial charge in [0, 0.05) is 37.4 Å². The summed E-state index contributed by atoms with van der Waals surface area (Å²) >= 11 is 6.28. The van der Waals surface area contributed by atoms with Crippen molar-refractivity contribution in [3.63, 3.8) is 0 Å². The topological polar surface area (TPSA) is 112 Å². The number of halogens is 4. The largest absolute Gasteiger partial charge is 0.417 e. The van der Waals surface area contributed by atoms with Gasteiger partial charge in [0.15, 0.2) is 0 Å². The van der Waals surface area contributed by atoms with Gasteiger partial charge in [-0.1, -0.05) is 23.7 Å². The molecule has 0 saturated carbocycles. The molecule has 1 unspecified atom stereocenters. The molecule has 13 heteroatoms. The van der Waals surface area contributed by atoms with Gasteiger partial charge in [0.05, 0.1) is 15.5 Å². The number of hydrogen-bond donors (Lipinski definition) is 4. The van der Waals surface area contributed by atoms with Crippen molar-refractivity contribution in [2.75, 3.05) is 37.2 Å². The normalized spacial score (nSPS) is 16.1. The number of nitrogen functional groups attached to an aromatic ring is 1. The molecule has 170 valence electrons. The zero-order valence-corrected chi connectivity index (χ0v) is 18.1. The molecule has 1 saturated heterocycles. The van der Waals surface area contributed by atoms with Gasteiger partial charge in [0.2, 0.25) is 11.9 Å². The SMILES string of the molecule is Nc1nc(Nc2cc(Cl)c(-c3ccc(S(=O)N4CCNCC4)cc3)c(C(F)(F)F)c2)n[nH]1. The van der Waals surface area contributed by atoms with Crippen LogP contribution in [0.3, 0.4) is 0 Å². The summed E-state index contributed by atoms with van der Waals surface area (Å²) in [6.45, 7) is 2.72. The van der Waals surface area contributed by atoms with Crippen molar-refractivity contribution in [1.82, 2.24) is 24.8 Å². The van der Waals surface area contributed by atoms with Crippen LogP contribution in [0.15, 0.2) is 41.3 Å². The highest BCUT2D eigenvalue weighted by Gasteiger charge is 2.35. The summed E-state index contributed by atoms with van der Waals surface area (Å²) in [5.74, 6) is 0.0312. The van der Waals surface area contributed by atoms with E-state index in [2.05, 4.69) is 25.8 Å². The molecule has 32 heavy (non-hydrogen) atoms. The van der Waals surface area contributed by atoms with Crippen molar-refractivity contribution in [2.24, 2.45) is 0 Å². The van der Waals surface area contributed by atoms with Crippen LogP contribution >= 0.6 is 11.6 Å². The smallest absolute Gasteiger partial charge is 0.368 e. The second kappa shape index (κ2) is 9.06. The molecule has 1 fully saturated rings. The summed E-state index contributed by atoms with van der Waals surface area (Å²) in [6, 6.07) is 8.40. The van der Waals surface area contributed by atoms with E-state index in [9.17, 15) is 17.4 Å². The van der Waals surface area contributed by atoms with Gasteiger partial charge < -0.3 is 16.4 Å². The minimum absolute atomic E-state index is 0.0131. The first-order valence-corrected chi connectivity index (χ1v) is 11.0. The van der Waals surface area contributed by atoms with Crippen LogP contribution < -0.4 is 16.4 Å². The number of nitrogens with zero attached hydrogens (tertiary/aromatic N) is 3. The number of H-pyrrole nitrogens is 1. The van der Waals surface area contributed by atoms with Gasteiger partial charge in [-0.2, -0.15) is 18.2 Å². The van der Waals surface area contributed by atoms with Gasteiger partial charge in [-0.15, -0.1) is 5.10 Å². The molecule has 2 heterocycles. The lowest BCUT2D eigenvalue weighted by atomic mass is 9.98. The zero-order chi connectivity index (χ0) is 22.9. The molecule has 1 aliphatic heterocycles. The molecule has 1 aliphatic rings. The van der Waals surface area contributed by atoms with Gasteiger partial charge in [-0.05, 0) is 29.8 Å². The number of piperazine rings is 1. The second-order valence-corrected chi connectivity index (χ2v) is 8.89. The van der Waals surface area contributed by atoms with E-state index in [0.29, 0.717) is 18.0 Å². The Hall–Kier alpha value is -2.67. The van der Waals surface area contributed by atoms with E-state index >= 15 is 0 Å². The minimum atomic E-state index is -4.67. The quantitative estimate of drug-likeness (QED) is 0.441. The molecule has 0 amide bonds. The number of alkyl halides is 3. The maximum atomic E-state index is 13.9. The van der Waals surface area contributed by atoms with Crippen LogP contribution in [0.2, 0.25) is 5.02 Å². The average molecular weight is 486 g/mol. The van der Waals surface area contributed by atoms with E-state index < -0.39 is 22.7 Å². The van der Waals surface area contributed by atoms with Crippen molar-refractivity contribution in [2.45, 2.75) is 11.1 Å². The van der Waals surface area contributed by atoms with Crippen LogP contribution in [0.1, 0.15) is 5.56 Å². The van der Waals surface area contributed by atoms with Crippen LogP contribution in [0.4, 0.5) is 30.8 Å². The fourth-order valence-electron chi connectivity index (χ4n) is 3.35. The lowest BCUT2D eigenvalue weighted by Crippen LogP contribution is -2.44. The molecule has 1 aromatic heterocycles. The molecule has 0 spiro atoms. The summed E-state index contributed by atoms with van der Waals surface area (Å²) in [4.78, 5) is 4.33. The summed E-state index contributed by atoms with van der Waals surface area (Å²) in [5, 5.41) is 11.9.